The van der Waals surface area contributed by atoms with E-state index in [1.54, 1.807) is 6.07 Å². The minimum absolute atomic E-state index is 0.0570. The molecule has 2 aromatic carbocycles. The number of rotatable bonds is 6. The van der Waals surface area contributed by atoms with Crippen molar-refractivity contribution in [3.63, 3.8) is 0 Å². The van der Waals surface area contributed by atoms with Gasteiger partial charge in [-0.15, -0.1) is 0 Å². The van der Waals surface area contributed by atoms with Crippen molar-refractivity contribution in [3.05, 3.63) is 70.2 Å². The molecule has 0 bridgehead atoms. The zero-order valence-corrected chi connectivity index (χ0v) is 14.8. The molecule has 2 amide bonds. The van der Waals surface area contributed by atoms with Gasteiger partial charge in [-0.2, -0.15) is 0 Å². The number of aryl methyl sites for hydroxylation is 1. The minimum atomic E-state index is -0.236. The van der Waals surface area contributed by atoms with Gasteiger partial charge in [-0.05, 0) is 30.5 Å². The molecule has 4 nitrogen and oxygen atoms in total. The molecular formula is C20H21ClN2O2. The molecule has 1 aliphatic carbocycles. The molecule has 1 aliphatic rings. The Balaban J connectivity index is 1.43. The first-order chi connectivity index (χ1) is 12.0. The number of amides is 2. The van der Waals surface area contributed by atoms with Crippen LogP contribution in [0, 0.1) is 18.8 Å². The third kappa shape index (κ3) is 4.60. The van der Waals surface area contributed by atoms with Gasteiger partial charge in [0, 0.05) is 18.1 Å². The van der Waals surface area contributed by atoms with Crippen molar-refractivity contribution in [2.75, 3.05) is 0 Å². The van der Waals surface area contributed by atoms with Crippen LogP contribution in [0.1, 0.15) is 23.1 Å². The van der Waals surface area contributed by atoms with Gasteiger partial charge in [-0.25, -0.2) is 0 Å². The van der Waals surface area contributed by atoms with Gasteiger partial charge < -0.3 is 10.6 Å². The fourth-order valence-corrected chi connectivity index (χ4v) is 2.96. The predicted molar refractivity (Wildman–Crippen MR) is 97.9 cm³/mol. The van der Waals surface area contributed by atoms with Crippen LogP contribution in [0.5, 0.6) is 0 Å². The van der Waals surface area contributed by atoms with Crippen molar-refractivity contribution in [2.24, 2.45) is 11.8 Å². The number of hydrogen-bond acceptors (Lipinski definition) is 2. The lowest BCUT2D eigenvalue weighted by molar-refractivity contribution is -0.127. The Morgan fingerprint density at radius 3 is 2.20 bits per heavy atom. The normalized spacial score (nSPS) is 18.5. The lowest BCUT2D eigenvalue weighted by Crippen LogP contribution is -2.29. The molecule has 5 heteroatoms. The first-order valence-corrected chi connectivity index (χ1v) is 8.77. The van der Waals surface area contributed by atoms with Crippen molar-refractivity contribution >= 4 is 23.4 Å². The molecule has 0 saturated heterocycles. The molecule has 0 radical (unpaired) electrons. The van der Waals surface area contributed by atoms with Crippen LogP contribution in [-0.2, 0) is 22.7 Å². The molecular weight excluding hydrogens is 336 g/mol. The Hall–Kier alpha value is -2.33. The summed E-state index contributed by atoms with van der Waals surface area (Å²) in [6.45, 7) is 2.90. The third-order valence-electron chi connectivity index (χ3n) is 4.46. The second-order valence-corrected chi connectivity index (χ2v) is 6.87. The van der Waals surface area contributed by atoms with E-state index in [0.717, 1.165) is 11.1 Å². The highest BCUT2D eigenvalue weighted by molar-refractivity contribution is 6.31. The second kappa shape index (κ2) is 7.70. The van der Waals surface area contributed by atoms with E-state index in [-0.39, 0.29) is 23.7 Å². The Bertz CT molecular complexity index is 774. The molecule has 1 saturated carbocycles. The maximum Gasteiger partial charge on any atom is 0.224 e. The van der Waals surface area contributed by atoms with Gasteiger partial charge in [0.2, 0.25) is 11.8 Å². The minimum Gasteiger partial charge on any atom is -0.352 e. The maximum atomic E-state index is 12.2. The van der Waals surface area contributed by atoms with E-state index in [4.69, 9.17) is 11.6 Å². The Morgan fingerprint density at radius 2 is 1.56 bits per heavy atom. The van der Waals surface area contributed by atoms with Crippen LogP contribution in [0.25, 0.3) is 0 Å². The summed E-state index contributed by atoms with van der Waals surface area (Å²) in [7, 11) is 0. The smallest absolute Gasteiger partial charge is 0.224 e. The van der Waals surface area contributed by atoms with E-state index in [0.29, 0.717) is 24.5 Å². The standard InChI is InChI=1S/C20H21ClN2O2/c1-13-6-8-14(9-7-13)11-22-19(24)16-10-17(16)20(25)23-12-15-4-2-3-5-18(15)21/h2-9,16-17H,10-12H2,1H3,(H,22,24)(H,23,25). The molecule has 2 unspecified atom stereocenters. The third-order valence-corrected chi connectivity index (χ3v) is 4.83. The van der Waals surface area contributed by atoms with E-state index in [9.17, 15) is 9.59 Å². The summed E-state index contributed by atoms with van der Waals surface area (Å²) in [5, 5.41) is 6.40. The van der Waals surface area contributed by atoms with Gasteiger partial charge >= 0.3 is 0 Å². The van der Waals surface area contributed by atoms with Crippen LogP contribution in [-0.4, -0.2) is 11.8 Å². The predicted octanol–water partition coefficient (Wildman–Crippen LogP) is 3.22. The number of hydrogen-bond donors (Lipinski definition) is 2. The molecule has 0 heterocycles. The summed E-state index contributed by atoms with van der Waals surface area (Å²) < 4.78 is 0. The van der Waals surface area contributed by atoms with Gasteiger partial charge in [-0.3, -0.25) is 9.59 Å². The number of carbonyl (C=O) groups excluding carboxylic acids is 2. The molecule has 2 N–H and O–H groups in total. The Labute approximate surface area is 152 Å². The van der Waals surface area contributed by atoms with Crippen molar-refractivity contribution < 1.29 is 9.59 Å². The van der Waals surface area contributed by atoms with E-state index < -0.39 is 0 Å². The average molecular weight is 357 g/mol. The van der Waals surface area contributed by atoms with Crippen LogP contribution in [0.15, 0.2) is 48.5 Å². The van der Waals surface area contributed by atoms with E-state index in [1.165, 1.54) is 5.56 Å². The summed E-state index contributed by atoms with van der Waals surface area (Å²) in [6.07, 6.45) is 0.605. The first-order valence-electron chi connectivity index (χ1n) is 8.39. The van der Waals surface area contributed by atoms with Crippen molar-refractivity contribution in [2.45, 2.75) is 26.4 Å². The first kappa shape index (κ1) is 17.5. The van der Waals surface area contributed by atoms with Gasteiger partial charge in [0.1, 0.15) is 0 Å². The quantitative estimate of drug-likeness (QED) is 0.835. The SMILES string of the molecule is Cc1ccc(CNC(=O)C2CC2C(=O)NCc2ccccc2Cl)cc1. The summed E-state index contributed by atoms with van der Waals surface area (Å²) in [6, 6.07) is 15.4. The molecule has 2 aromatic rings. The lowest BCUT2D eigenvalue weighted by Gasteiger charge is -2.07. The highest BCUT2D eigenvalue weighted by Gasteiger charge is 2.47. The summed E-state index contributed by atoms with van der Waals surface area (Å²) in [5.41, 5.74) is 3.12. The number of nitrogens with one attached hydrogen (secondary N) is 2. The topological polar surface area (TPSA) is 58.2 Å². The lowest BCUT2D eigenvalue weighted by atomic mass is 10.1. The highest BCUT2D eigenvalue weighted by atomic mass is 35.5. The molecule has 0 aliphatic heterocycles. The number of benzene rings is 2. The summed E-state index contributed by atoms with van der Waals surface area (Å²) >= 11 is 6.08. The number of carbonyl (C=O) groups is 2. The van der Waals surface area contributed by atoms with E-state index in [1.807, 2.05) is 49.4 Å². The zero-order valence-electron chi connectivity index (χ0n) is 14.1. The van der Waals surface area contributed by atoms with Crippen LogP contribution in [0.4, 0.5) is 0 Å². The van der Waals surface area contributed by atoms with Gasteiger partial charge in [0.05, 0.1) is 11.8 Å². The van der Waals surface area contributed by atoms with Crippen molar-refractivity contribution in [3.8, 4) is 0 Å². The van der Waals surface area contributed by atoms with Crippen LogP contribution >= 0.6 is 11.6 Å². The van der Waals surface area contributed by atoms with Crippen molar-refractivity contribution in [1.29, 1.82) is 0 Å². The van der Waals surface area contributed by atoms with Crippen LogP contribution in [0.3, 0.4) is 0 Å². The fourth-order valence-electron chi connectivity index (χ4n) is 2.76. The molecule has 2 atom stereocenters. The second-order valence-electron chi connectivity index (χ2n) is 6.46. The monoisotopic (exact) mass is 356 g/mol. The molecule has 0 aromatic heterocycles. The number of halogens is 1. The largest absolute Gasteiger partial charge is 0.352 e. The molecule has 3 rings (SSSR count). The van der Waals surface area contributed by atoms with Crippen molar-refractivity contribution in [1.82, 2.24) is 10.6 Å². The average Bonchev–Trinajstić information content (AvgIpc) is 3.41. The summed E-state index contributed by atoms with van der Waals surface area (Å²) in [5.74, 6) is -0.605. The maximum absolute atomic E-state index is 12.2. The summed E-state index contributed by atoms with van der Waals surface area (Å²) in [4.78, 5) is 24.4. The van der Waals surface area contributed by atoms with Crippen LogP contribution < -0.4 is 10.6 Å². The highest BCUT2D eigenvalue weighted by Crippen LogP contribution is 2.38. The van der Waals surface area contributed by atoms with E-state index in [2.05, 4.69) is 10.6 Å². The fraction of sp³-hybridized carbons (Fsp3) is 0.300. The van der Waals surface area contributed by atoms with Crippen LogP contribution in [0.2, 0.25) is 5.02 Å². The molecule has 0 spiro atoms. The molecule has 25 heavy (non-hydrogen) atoms. The Kier molecular flexibility index (Phi) is 5.39. The van der Waals surface area contributed by atoms with Gasteiger partial charge in [-0.1, -0.05) is 59.6 Å². The Morgan fingerprint density at radius 1 is 0.960 bits per heavy atom. The van der Waals surface area contributed by atoms with Gasteiger partial charge in [0.15, 0.2) is 0 Å². The zero-order chi connectivity index (χ0) is 17.8. The van der Waals surface area contributed by atoms with Gasteiger partial charge in [0.25, 0.3) is 0 Å². The molecule has 1 fully saturated rings. The molecule has 130 valence electrons. The van der Waals surface area contributed by atoms with E-state index >= 15 is 0 Å².